The van der Waals surface area contributed by atoms with E-state index in [1.807, 2.05) is 48.5 Å². The maximum absolute atomic E-state index is 12.4. The van der Waals surface area contributed by atoms with Gasteiger partial charge in [0, 0.05) is 12.2 Å². The second-order valence-electron chi connectivity index (χ2n) is 5.34. The van der Waals surface area contributed by atoms with Crippen LogP contribution in [0.15, 0.2) is 60.7 Å². The van der Waals surface area contributed by atoms with Crippen LogP contribution in [0, 0.1) is 0 Å². The third-order valence-electron chi connectivity index (χ3n) is 3.72. The molecule has 1 saturated heterocycles. The predicted octanol–water partition coefficient (Wildman–Crippen LogP) is 1.99. The molecule has 0 bridgehead atoms. The van der Waals surface area contributed by atoms with Crippen LogP contribution in [0.25, 0.3) is 0 Å². The molecule has 5 nitrogen and oxygen atoms in total. The van der Waals surface area contributed by atoms with Crippen LogP contribution >= 0.6 is 0 Å². The minimum absolute atomic E-state index is 0.0794. The lowest BCUT2D eigenvalue weighted by atomic mass is 10.2. The van der Waals surface area contributed by atoms with Gasteiger partial charge in [-0.1, -0.05) is 36.4 Å². The summed E-state index contributed by atoms with van der Waals surface area (Å²) in [5.74, 6) is 0.262. The van der Waals surface area contributed by atoms with Gasteiger partial charge < -0.3 is 15.0 Å². The molecule has 1 fully saturated rings. The van der Waals surface area contributed by atoms with Crippen molar-refractivity contribution < 1.29 is 14.3 Å². The fraction of sp³-hybridized carbons (Fsp3) is 0.222. The van der Waals surface area contributed by atoms with Crippen LogP contribution in [0.4, 0.5) is 5.69 Å². The Morgan fingerprint density at radius 2 is 1.74 bits per heavy atom. The zero-order valence-electron chi connectivity index (χ0n) is 12.6. The Morgan fingerprint density at radius 3 is 2.43 bits per heavy atom. The first kappa shape index (κ1) is 15.1. The lowest BCUT2D eigenvalue weighted by Crippen LogP contribution is -2.43. The molecule has 1 aliphatic heterocycles. The number of nitrogens with one attached hydrogen (secondary N) is 1. The average Bonchev–Trinajstić information content (AvgIpc) is 2.95. The van der Waals surface area contributed by atoms with E-state index >= 15 is 0 Å². The van der Waals surface area contributed by atoms with E-state index in [-0.39, 0.29) is 18.4 Å². The quantitative estimate of drug-likeness (QED) is 0.919. The molecule has 118 valence electrons. The van der Waals surface area contributed by atoms with Gasteiger partial charge in [0.15, 0.2) is 6.61 Å². The lowest BCUT2D eigenvalue weighted by molar-refractivity contribution is -0.127. The maximum atomic E-state index is 12.4. The molecule has 0 aliphatic carbocycles. The molecule has 2 aromatic carbocycles. The van der Waals surface area contributed by atoms with E-state index < -0.39 is 6.04 Å². The molecule has 0 saturated carbocycles. The van der Waals surface area contributed by atoms with Crippen molar-refractivity contribution in [2.45, 2.75) is 12.5 Å². The standard InChI is InChI=1S/C18H18N2O3/c21-17(13-23-15-9-5-2-6-10-15)19-16-11-12-20(18(16)22)14-7-3-1-4-8-14/h1-10,16H,11-13H2,(H,19,21). The van der Waals surface area contributed by atoms with E-state index in [0.717, 1.165) is 5.69 Å². The maximum Gasteiger partial charge on any atom is 0.258 e. The monoisotopic (exact) mass is 310 g/mol. The number of para-hydroxylation sites is 2. The number of carbonyl (C=O) groups is 2. The van der Waals surface area contributed by atoms with Gasteiger partial charge in [-0.25, -0.2) is 0 Å². The fourth-order valence-electron chi connectivity index (χ4n) is 2.58. The van der Waals surface area contributed by atoms with Crippen LogP contribution in [0.3, 0.4) is 0 Å². The molecule has 5 heteroatoms. The topological polar surface area (TPSA) is 58.6 Å². The second-order valence-corrected chi connectivity index (χ2v) is 5.34. The van der Waals surface area contributed by atoms with Crippen molar-refractivity contribution in [3.63, 3.8) is 0 Å². The van der Waals surface area contributed by atoms with Crippen LogP contribution in [-0.2, 0) is 9.59 Å². The van der Waals surface area contributed by atoms with Crippen molar-refractivity contribution in [1.82, 2.24) is 5.32 Å². The number of amides is 2. The number of ether oxygens (including phenoxy) is 1. The fourth-order valence-corrected chi connectivity index (χ4v) is 2.58. The summed E-state index contributed by atoms with van der Waals surface area (Å²) in [5, 5.41) is 2.74. The summed E-state index contributed by atoms with van der Waals surface area (Å²) >= 11 is 0. The lowest BCUT2D eigenvalue weighted by Gasteiger charge is -2.17. The Balaban J connectivity index is 1.52. The van der Waals surface area contributed by atoms with E-state index in [9.17, 15) is 9.59 Å². The highest BCUT2D eigenvalue weighted by Gasteiger charge is 2.33. The van der Waals surface area contributed by atoms with E-state index in [2.05, 4.69) is 5.32 Å². The number of nitrogens with zero attached hydrogens (tertiary/aromatic N) is 1. The van der Waals surface area contributed by atoms with Crippen LogP contribution in [0.1, 0.15) is 6.42 Å². The molecular formula is C18H18N2O3. The molecule has 23 heavy (non-hydrogen) atoms. The van der Waals surface area contributed by atoms with Crippen molar-refractivity contribution in [2.75, 3.05) is 18.1 Å². The Morgan fingerprint density at radius 1 is 1.09 bits per heavy atom. The summed E-state index contributed by atoms with van der Waals surface area (Å²) in [5.41, 5.74) is 0.856. The van der Waals surface area contributed by atoms with Gasteiger partial charge >= 0.3 is 0 Å². The van der Waals surface area contributed by atoms with E-state index in [0.29, 0.717) is 18.7 Å². The first-order valence-corrected chi connectivity index (χ1v) is 7.58. The Bertz CT molecular complexity index is 673. The highest BCUT2D eigenvalue weighted by atomic mass is 16.5. The van der Waals surface area contributed by atoms with Crippen molar-refractivity contribution in [3.05, 3.63) is 60.7 Å². The molecular weight excluding hydrogens is 292 g/mol. The largest absolute Gasteiger partial charge is 0.484 e. The first-order chi connectivity index (χ1) is 11.2. The van der Waals surface area contributed by atoms with Gasteiger partial charge in [0.1, 0.15) is 11.8 Å². The molecule has 3 rings (SSSR count). The summed E-state index contributed by atoms with van der Waals surface area (Å²) in [6.45, 7) is 0.506. The molecule has 1 heterocycles. The molecule has 2 amide bonds. The Labute approximate surface area is 134 Å². The van der Waals surface area contributed by atoms with Crippen molar-refractivity contribution >= 4 is 17.5 Å². The molecule has 0 radical (unpaired) electrons. The van der Waals surface area contributed by atoms with E-state index in [1.165, 1.54) is 0 Å². The Kier molecular flexibility index (Phi) is 4.57. The van der Waals surface area contributed by atoms with Crippen LogP contribution in [0.5, 0.6) is 5.75 Å². The summed E-state index contributed by atoms with van der Waals surface area (Å²) in [6, 6.07) is 18.1. The molecule has 0 spiro atoms. The van der Waals surface area contributed by atoms with Gasteiger partial charge in [0.2, 0.25) is 5.91 Å². The predicted molar refractivity (Wildman–Crippen MR) is 87.3 cm³/mol. The molecule has 1 N–H and O–H groups in total. The number of benzene rings is 2. The van der Waals surface area contributed by atoms with Crippen molar-refractivity contribution in [1.29, 1.82) is 0 Å². The Hall–Kier alpha value is -2.82. The van der Waals surface area contributed by atoms with Gasteiger partial charge in [0.05, 0.1) is 0 Å². The number of rotatable bonds is 5. The third kappa shape index (κ3) is 3.69. The minimum atomic E-state index is -0.484. The van der Waals surface area contributed by atoms with Crippen LogP contribution in [-0.4, -0.2) is 31.0 Å². The van der Waals surface area contributed by atoms with Gasteiger partial charge in [0.25, 0.3) is 5.91 Å². The highest BCUT2D eigenvalue weighted by molar-refractivity contribution is 6.01. The van der Waals surface area contributed by atoms with Crippen LogP contribution in [0.2, 0.25) is 0 Å². The molecule has 1 unspecified atom stereocenters. The minimum Gasteiger partial charge on any atom is -0.484 e. The third-order valence-corrected chi connectivity index (χ3v) is 3.72. The number of carbonyl (C=O) groups excluding carboxylic acids is 2. The summed E-state index contributed by atoms with van der Waals surface area (Å²) in [6.07, 6.45) is 0.602. The molecule has 1 aliphatic rings. The van der Waals surface area contributed by atoms with Gasteiger partial charge in [-0.2, -0.15) is 0 Å². The molecule has 2 aromatic rings. The average molecular weight is 310 g/mol. The zero-order chi connectivity index (χ0) is 16.1. The first-order valence-electron chi connectivity index (χ1n) is 7.58. The van der Waals surface area contributed by atoms with Gasteiger partial charge in [-0.3, -0.25) is 9.59 Å². The summed E-state index contributed by atoms with van der Waals surface area (Å²) < 4.78 is 5.39. The molecule has 1 atom stereocenters. The zero-order valence-corrected chi connectivity index (χ0v) is 12.6. The number of hydrogen-bond donors (Lipinski definition) is 1. The van der Waals surface area contributed by atoms with Gasteiger partial charge in [-0.15, -0.1) is 0 Å². The van der Waals surface area contributed by atoms with Gasteiger partial charge in [-0.05, 0) is 30.7 Å². The summed E-state index contributed by atoms with van der Waals surface area (Å²) in [4.78, 5) is 26.0. The molecule has 0 aromatic heterocycles. The normalized spacial score (nSPS) is 17.1. The number of anilines is 1. The highest BCUT2D eigenvalue weighted by Crippen LogP contribution is 2.21. The van der Waals surface area contributed by atoms with E-state index in [4.69, 9.17) is 4.74 Å². The van der Waals surface area contributed by atoms with Crippen molar-refractivity contribution in [3.8, 4) is 5.75 Å². The summed E-state index contributed by atoms with van der Waals surface area (Å²) in [7, 11) is 0. The van der Waals surface area contributed by atoms with Crippen LogP contribution < -0.4 is 15.0 Å². The second kappa shape index (κ2) is 6.96. The SMILES string of the molecule is O=C(COc1ccccc1)NC1CCN(c2ccccc2)C1=O. The van der Waals surface area contributed by atoms with Crippen molar-refractivity contribution in [2.24, 2.45) is 0 Å². The number of hydrogen-bond acceptors (Lipinski definition) is 3. The smallest absolute Gasteiger partial charge is 0.258 e. The van der Waals surface area contributed by atoms with E-state index in [1.54, 1.807) is 17.0 Å².